The second-order valence-corrected chi connectivity index (χ2v) is 10.3. The Hall–Kier alpha value is -3.25. The van der Waals surface area contributed by atoms with Gasteiger partial charge in [-0.3, -0.25) is 4.79 Å². The number of hydrogen-bond donors (Lipinski definition) is 9. The summed E-state index contributed by atoms with van der Waals surface area (Å²) >= 11 is 0. The first-order chi connectivity index (χ1) is 21.5. The van der Waals surface area contributed by atoms with Gasteiger partial charge in [-0.1, -0.05) is 6.07 Å². The van der Waals surface area contributed by atoms with Crippen molar-refractivity contribution in [1.82, 2.24) is 0 Å². The first-order valence-corrected chi connectivity index (χ1v) is 13.2. The lowest BCUT2D eigenvalue weighted by atomic mass is 9.97. The Morgan fingerprint density at radius 1 is 0.884 bits per heavy atom. The van der Waals surface area contributed by atoms with Crippen LogP contribution in [0, 0.1) is 0 Å². The topological polar surface area (TPSA) is 245 Å². The molecule has 15 heteroatoms. The Morgan fingerprint density at radius 3 is 2.21 bits per heavy atom. The van der Waals surface area contributed by atoms with E-state index in [0.717, 1.165) is 12.1 Å². The van der Waals surface area contributed by atoms with E-state index in [0.29, 0.717) is 5.56 Å². The van der Waals surface area contributed by atoms with Gasteiger partial charge in [0.25, 0.3) is 0 Å². The Balaban J connectivity index is 1.49. The van der Waals surface area contributed by atoms with Gasteiger partial charge in [-0.15, -0.1) is 0 Å². The highest BCUT2D eigenvalue weighted by Crippen LogP contribution is 2.37. The number of carbonyl (C=O) groups is 1. The predicted molar refractivity (Wildman–Crippen MR) is 143 cm³/mol. The maximum atomic E-state index is 12.9. The highest BCUT2D eigenvalue weighted by Gasteiger charge is 2.51. The molecular weight excluding hydrogens is 576 g/mol. The van der Waals surface area contributed by atoms with Crippen molar-refractivity contribution in [1.29, 1.82) is 0 Å². The average molecular weight is 616 g/mol. The van der Waals surface area contributed by atoms with Crippen molar-refractivity contribution in [2.75, 3.05) is 13.6 Å². The molecule has 9 N–H and O–H groups in total. The van der Waals surface area contributed by atoms with E-state index in [2.05, 4.69) is 4.74 Å². The van der Waals surface area contributed by atoms with E-state index >= 15 is 0 Å². The lowest BCUT2D eigenvalue weighted by molar-refractivity contribution is -0.354. The van der Waals surface area contributed by atoms with Crippen LogP contribution in [-0.2, 0) is 20.6 Å². The van der Waals surface area contributed by atoms with Gasteiger partial charge in [0, 0.05) is 18.6 Å². The molecule has 2 heterocycles. The summed E-state index contributed by atoms with van der Waals surface area (Å²) in [4.78, 5) is 12.9. The van der Waals surface area contributed by atoms with Crippen LogP contribution in [0.25, 0.3) is 0 Å². The van der Waals surface area contributed by atoms with Crippen LogP contribution in [0.3, 0.4) is 0 Å². The van der Waals surface area contributed by atoms with Crippen LogP contribution in [0.1, 0.15) is 33.4 Å². The lowest BCUT2D eigenvalue weighted by Crippen LogP contribution is -2.64. The molecule has 0 spiro atoms. The molecular formula is C28H36O15. The number of carbonyl (C=O) groups excluding carboxylic acids is 1. The summed E-state index contributed by atoms with van der Waals surface area (Å²) in [6, 6.07) is 5.75. The number of methoxy groups -OCH3 is 1. The number of ketones is 1. The van der Waals surface area contributed by atoms with Crippen LogP contribution >= 0.6 is 0 Å². The summed E-state index contributed by atoms with van der Waals surface area (Å²) in [5, 5.41) is 92.5. The number of Topliss-reactive ketones (excluding diaryl/α,β-unsaturated/α-hetero) is 1. The molecule has 0 saturated carbocycles. The number of aryl methyl sites for hydroxylation is 1. The van der Waals surface area contributed by atoms with Gasteiger partial charge in [0.2, 0.25) is 6.29 Å². The molecule has 4 rings (SSSR count). The molecule has 15 nitrogen and oxygen atoms in total. The smallest absolute Gasteiger partial charge is 0.229 e. The third-order valence-electron chi connectivity index (χ3n) is 7.30. The Bertz CT molecular complexity index is 1350. The molecule has 0 unspecified atom stereocenters. The molecule has 43 heavy (non-hydrogen) atoms. The van der Waals surface area contributed by atoms with Crippen LogP contribution in [-0.4, -0.2) is 127 Å². The van der Waals surface area contributed by atoms with Gasteiger partial charge in [-0.25, -0.2) is 0 Å². The fraction of sp³-hybridized carbons (Fsp3) is 0.536. The van der Waals surface area contributed by atoms with Crippen molar-refractivity contribution in [3.63, 3.8) is 0 Å². The Morgan fingerprint density at radius 2 is 1.58 bits per heavy atom. The molecule has 0 aliphatic carbocycles. The van der Waals surface area contributed by atoms with Gasteiger partial charge in [-0.05, 0) is 31.0 Å². The predicted octanol–water partition coefficient (Wildman–Crippen LogP) is -1.34. The highest BCUT2D eigenvalue weighted by atomic mass is 16.8. The number of rotatable bonds is 10. The number of aliphatic hydroxyl groups is 6. The maximum absolute atomic E-state index is 12.9. The molecule has 2 aliphatic heterocycles. The Labute approximate surface area is 249 Å². The third-order valence-corrected chi connectivity index (χ3v) is 7.30. The van der Waals surface area contributed by atoms with E-state index in [1.165, 1.54) is 25.1 Å². The van der Waals surface area contributed by atoms with E-state index in [1.54, 1.807) is 0 Å². The number of phenols is 3. The van der Waals surface area contributed by atoms with Gasteiger partial charge in [0.15, 0.2) is 29.7 Å². The minimum Gasteiger partial charge on any atom is -0.507 e. The number of ether oxygens (including phenoxy) is 5. The average Bonchev–Trinajstić information content (AvgIpc) is 2.97. The van der Waals surface area contributed by atoms with Gasteiger partial charge in [0.1, 0.15) is 59.4 Å². The van der Waals surface area contributed by atoms with Crippen molar-refractivity contribution in [3.8, 4) is 28.7 Å². The summed E-state index contributed by atoms with van der Waals surface area (Å²) in [5.74, 6) is -3.20. The first-order valence-electron chi connectivity index (χ1n) is 14.7. The molecule has 2 aliphatic rings. The van der Waals surface area contributed by atoms with Crippen LogP contribution in [0.15, 0.2) is 30.3 Å². The lowest BCUT2D eigenvalue weighted by Gasteiger charge is -2.45. The monoisotopic (exact) mass is 615 g/mol. The molecule has 0 radical (unpaired) electrons. The number of hydrogen-bond acceptors (Lipinski definition) is 15. The molecule has 0 aromatic heterocycles. The standard InChI is InChI=1S/C28H36O15/c1-11-21(34)23(36)25(38)27(40-11)43-26-24(37)22(35)19(10-29)42-28(26)41-13-8-16(32)20(17(33)9-13)14(30)5-3-12-4-6-18(39-2)15(31)7-12/h4,6-9,11,19,21-29,31-38H,3,5,10H2,1-2H3/t11-,19+,21-,22+,23+,24-,25+,26+,27-,28+/m0/s1/i2D3. The highest BCUT2D eigenvalue weighted by molar-refractivity contribution is 6.01. The van der Waals surface area contributed by atoms with Crippen LogP contribution in [0.4, 0.5) is 0 Å². The van der Waals surface area contributed by atoms with Gasteiger partial charge >= 0.3 is 0 Å². The summed E-state index contributed by atoms with van der Waals surface area (Å²) in [6.07, 6.45) is -16.1. The molecule has 10 atom stereocenters. The second-order valence-electron chi connectivity index (χ2n) is 10.3. The second kappa shape index (κ2) is 13.6. The largest absolute Gasteiger partial charge is 0.507 e. The summed E-state index contributed by atoms with van der Waals surface area (Å²) < 4.78 is 48.3. The minimum absolute atomic E-state index is 0.0225. The maximum Gasteiger partial charge on any atom is 0.229 e. The molecule has 0 bridgehead atoms. The van der Waals surface area contributed by atoms with Gasteiger partial charge in [0.05, 0.1) is 23.9 Å². The van der Waals surface area contributed by atoms with E-state index in [4.69, 9.17) is 23.1 Å². The van der Waals surface area contributed by atoms with E-state index < -0.39 is 104 Å². The number of phenolic OH excluding ortho intramolecular Hbond substituents is 3. The SMILES string of the molecule is [2H]C([2H])([2H])Oc1ccc(CCC(=O)c2c(O)cc(O[C@@H]3O[C@H](CO)[C@@H](O)[C@H](O)[C@H]3O[C@@H]3O[C@@H](C)[C@H](O)[C@@H](O)[C@H]3O)cc2O)cc1O. The van der Waals surface area contributed by atoms with Crippen molar-refractivity contribution in [3.05, 3.63) is 41.5 Å². The third kappa shape index (κ3) is 6.95. The quantitative estimate of drug-likeness (QED) is 0.140. The summed E-state index contributed by atoms with van der Waals surface area (Å²) in [7, 11) is -2.78. The molecule has 238 valence electrons. The zero-order valence-corrected chi connectivity index (χ0v) is 22.8. The normalized spacial score (nSPS) is 34.1. The zero-order chi connectivity index (χ0) is 34.1. The van der Waals surface area contributed by atoms with Crippen molar-refractivity contribution in [2.24, 2.45) is 0 Å². The van der Waals surface area contributed by atoms with Gasteiger partial charge < -0.3 is 69.6 Å². The fourth-order valence-corrected chi connectivity index (χ4v) is 4.84. The van der Waals surface area contributed by atoms with E-state index in [1.807, 2.05) is 0 Å². The molecule has 0 amide bonds. The molecule has 2 fully saturated rings. The van der Waals surface area contributed by atoms with Crippen LogP contribution in [0.2, 0.25) is 0 Å². The van der Waals surface area contributed by atoms with Crippen molar-refractivity contribution >= 4 is 5.78 Å². The molecule has 2 aromatic rings. The first kappa shape index (κ1) is 28.5. The van der Waals surface area contributed by atoms with Crippen molar-refractivity contribution in [2.45, 2.75) is 81.2 Å². The summed E-state index contributed by atoms with van der Waals surface area (Å²) in [5.41, 5.74) is -0.0499. The van der Waals surface area contributed by atoms with E-state index in [9.17, 15) is 50.8 Å². The number of aromatic hydroxyl groups is 3. The zero-order valence-electron chi connectivity index (χ0n) is 25.8. The number of benzene rings is 2. The van der Waals surface area contributed by atoms with E-state index in [-0.39, 0.29) is 24.3 Å². The fourth-order valence-electron chi connectivity index (χ4n) is 4.84. The Kier molecular flexibility index (Phi) is 9.01. The van der Waals surface area contributed by atoms with Crippen LogP contribution < -0.4 is 9.47 Å². The molecule has 2 aromatic carbocycles. The molecule has 2 saturated heterocycles. The van der Waals surface area contributed by atoms with Crippen LogP contribution in [0.5, 0.6) is 28.7 Å². The minimum atomic E-state index is -2.78. The van der Waals surface area contributed by atoms with Crippen molar-refractivity contribution < 1.29 is 78.5 Å². The summed E-state index contributed by atoms with van der Waals surface area (Å²) in [6.45, 7) is 0.618. The van der Waals surface area contributed by atoms with Gasteiger partial charge in [-0.2, -0.15) is 0 Å². The number of aliphatic hydroxyl groups excluding tert-OH is 6.